The first-order chi connectivity index (χ1) is 16.2. The van der Waals surface area contributed by atoms with Crippen LogP contribution in [0.15, 0.2) is 39.5 Å². The van der Waals surface area contributed by atoms with E-state index in [9.17, 15) is 35.4 Å². The summed E-state index contributed by atoms with van der Waals surface area (Å²) in [4.78, 5) is 13.1. The van der Waals surface area contributed by atoms with Crippen LogP contribution in [0.1, 0.15) is 11.7 Å². The molecule has 0 spiro atoms. The fourth-order valence-corrected chi connectivity index (χ4v) is 4.11. The molecule has 1 aliphatic heterocycles. The number of fused-ring (bicyclic) bond motifs is 1. The number of ether oxygens (including phenoxy) is 3. The van der Waals surface area contributed by atoms with Crippen LogP contribution in [-0.4, -0.2) is 75.9 Å². The van der Waals surface area contributed by atoms with Crippen LogP contribution in [0.5, 0.6) is 23.0 Å². The smallest absolute Gasteiger partial charge is 0.204 e. The Hall–Kier alpha value is -3.35. The Bertz CT molecular complexity index is 1250. The average molecular weight is 476 g/mol. The fourth-order valence-electron chi connectivity index (χ4n) is 4.11. The van der Waals surface area contributed by atoms with Gasteiger partial charge in [-0.05, 0) is 24.3 Å². The van der Waals surface area contributed by atoms with E-state index in [0.717, 1.165) is 6.07 Å². The minimum Gasteiger partial charge on any atom is -0.508 e. The molecule has 0 saturated carbocycles. The Morgan fingerprint density at radius 3 is 2.18 bits per heavy atom. The molecule has 11 nitrogen and oxygen atoms in total. The van der Waals surface area contributed by atoms with Crippen LogP contribution in [-0.2, 0) is 4.74 Å². The number of methoxy groups -OCH3 is 2. The van der Waals surface area contributed by atoms with Gasteiger partial charge in [-0.3, -0.25) is 4.79 Å². The molecule has 2 aromatic carbocycles. The molecule has 182 valence electrons. The topological polar surface area (TPSA) is 179 Å². The van der Waals surface area contributed by atoms with Gasteiger partial charge in [-0.2, -0.15) is 0 Å². The molecule has 5 unspecified atom stereocenters. The second kappa shape index (κ2) is 9.12. The summed E-state index contributed by atoms with van der Waals surface area (Å²) in [6, 6.07) is 6.94. The zero-order chi connectivity index (χ0) is 24.7. The van der Waals surface area contributed by atoms with Gasteiger partial charge >= 0.3 is 0 Å². The fraction of sp³-hybridized carbons (Fsp3) is 0.348. The number of hydrogen-bond acceptors (Lipinski definition) is 11. The molecule has 1 aliphatic rings. The average Bonchev–Trinajstić information content (AvgIpc) is 2.83. The van der Waals surface area contributed by atoms with Gasteiger partial charge in [-0.1, -0.05) is 0 Å². The summed E-state index contributed by atoms with van der Waals surface area (Å²) < 4.78 is 22.3. The van der Waals surface area contributed by atoms with Crippen molar-refractivity contribution in [1.82, 2.24) is 0 Å². The molecule has 1 fully saturated rings. The van der Waals surface area contributed by atoms with Gasteiger partial charge in [0.1, 0.15) is 47.4 Å². The molecule has 0 amide bonds. The quantitative estimate of drug-likeness (QED) is 0.300. The molecular weight excluding hydrogens is 452 g/mol. The largest absolute Gasteiger partial charge is 0.508 e. The summed E-state index contributed by atoms with van der Waals surface area (Å²) in [5, 5.41) is 60.9. The van der Waals surface area contributed by atoms with Gasteiger partial charge in [0.25, 0.3) is 0 Å². The van der Waals surface area contributed by atoms with Crippen LogP contribution < -0.4 is 14.9 Å². The van der Waals surface area contributed by atoms with Gasteiger partial charge < -0.3 is 49.3 Å². The lowest BCUT2D eigenvalue weighted by Gasteiger charge is -2.40. The van der Waals surface area contributed by atoms with Crippen molar-refractivity contribution in [2.45, 2.75) is 30.5 Å². The monoisotopic (exact) mass is 476 g/mol. The van der Waals surface area contributed by atoms with Gasteiger partial charge in [0.2, 0.25) is 5.75 Å². The van der Waals surface area contributed by atoms with E-state index in [2.05, 4.69) is 0 Å². The van der Waals surface area contributed by atoms with Gasteiger partial charge in [0, 0.05) is 11.6 Å². The molecule has 5 atom stereocenters. The van der Waals surface area contributed by atoms with E-state index in [1.807, 2.05) is 0 Å². The maximum Gasteiger partial charge on any atom is 0.204 e. The summed E-state index contributed by atoms with van der Waals surface area (Å²) in [5.74, 6) is -0.906. The summed E-state index contributed by atoms with van der Waals surface area (Å²) >= 11 is 0. The normalized spacial score (nSPS) is 24.8. The maximum absolute atomic E-state index is 13.1. The van der Waals surface area contributed by atoms with Gasteiger partial charge in [0.05, 0.1) is 26.4 Å². The molecule has 4 rings (SSSR count). The number of rotatable bonds is 5. The van der Waals surface area contributed by atoms with Crippen molar-refractivity contribution in [1.29, 1.82) is 0 Å². The van der Waals surface area contributed by atoms with E-state index in [-0.39, 0.29) is 39.5 Å². The summed E-state index contributed by atoms with van der Waals surface area (Å²) in [5.41, 5.74) is -0.545. The molecule has 34 heavy (non-hydrogen) atoms. The molecule has 0 radical (unpaired) electrons. The Kier molecular flexibility index (Phi) is 6.39. The van der Waals surface area contributed by atoms with Crippen LogP contribution >= 0.6 is 0 Å². The van der Waals surface area contributed by atoms with E-state index in [1.165, 1.54) is 38.5 Å². The number of phenols is 2. The highest BCUT2D eigenvalue weighted by Crippen LogP contribution is 2.50. The van der Waals surface area contributed by atoms with Crippen LogP contribution in [0.3, 0.4) is 0 Å². The number of aliphatic hydroxyl groups is 4. The van der Waals surface area contributed by atoms with Crippen molar-refractivity contribution in [2.75, 3.05) is 20.8 Å². The number of phenolic OH excluding ortho intramolecular Hbond substituents is 2. The first-order valence-electron chi connectivity index (χ1n) is 10.3. The van der Waals surface area contributed by atoms with Crippen molar-refractivity contribution in [3.63, 3.8) is 0 Å². The second-order valence-electron chi connectivity index (χ2n) is 7.80. The van der Waals surface area contributed by atoms with E-state index in [4.69, 9.17) is 18.6 Å². The molecule has 1 aromatic heterocycles. The van der Waals surface area contributed by atoms with Crippen molar-refractivity contribution in [2.24, 2.45) is 0 Å². The molecule has 3 aromatic rings. The summed E-state index contributed by atoms with van der Waals surface area (Å²) in [7, 11) is 2.48. The summed E-state index contributed by atoms with van der Waals surface area (Å²) in [6.07, 6.45) is -7.78. The minimum absolute atomic E-state index is 0.00190. The van der Waals surface area contributed by atoms with Crippen LogP contribution in [0.4, 0.5) is 0 Å². The first-order valence-corrected chi connectivity index (χ1v) is 10.3. The van der Waals surface area contributed by atoms with E-state index in [0.29, 0.717) is 5.56 Å². The number of aromatic hydroxyl groups is 2. The van der Waals surface area contributed by atoms with Crippen LogP contribution in [0.25, 0.3) is 22.3 Å². The third-order valence-electron chi connectivity index (χ3n) is 5.83. The first kappa shape index (κ1) is 23.8. The van der Waals surface area contributed by atoms with Crippen molar-refractivity contribution in [3.05, 3.63) is 46.1 Å². The number of benzene rings is 2. The SMILES string of the molecule is COc1c(OC)c(O)c2c(=O)cc(-c3ccc(O)cc3)oc2c1C1OC(CO)C(O)C(O)C1O. The van der Waals surface area contributed by atoms with E-state index in [1.54, 1.807) is 0 Å². The lowest BCUT2D eigenvalue weighted by molar-refractivity contribution is -0.231. The predicted octanol–water partition coefficient (Wildman–Crippen LogP) is 0.403. The molecule has 0 bridgehead atoms. The maximum atomic E-state index is 13.1. The van der Waals surface area contributed by atoms with Crippen molar-refractivity contribution >= 4 is 11.0 Å². The minimum atomic E-state index is -1.73. The highest BCUT2D eigenvalue weighted by molar-refractivity contribution is 5.93. The third-order valence-corrected chi connectivity index (χ3v) is 5.83. The zero-order valence-corrected chi connectivity index (χ0v) is 18.2. The van der Waals surface area contributed by atoms with Gasteiger partial charge in [-0.15, -0.1) is 0 Å². The lowest BCUT2D eigenvalue weighted by atomic mass is 9.89. The molecule has 1 saturated heterocycles. The zero-order valence-electron chi connectivity index (χ0n) is 18.2. The highest BCUT2D eigenvalue weighted by Gasteiger charge is 2.47. The van der Waals surface area contributed by atoms with E-state index < -0.39 is 48.3 Å². The molecule has 11 heteroatoms. The van der Waals surface area contributed by atoms with Crippen LogP contribution in [0.2, 0.25) is 0 Å². The van der Waals surface area contributed by atoms with E-state index >= 15 is 0 Å². The second-order valence-corrected chi connectivity index (χ2v) is 7.80. The number of hydrogen-bond donors (Lipinski definition) is 6. The third kappa shape index (κ3) is 3.73. The Morgan fingerprint density at radius 2 is 1.59 bits per heavy atom. The Balaban J connectivity index is 2.06. The lowest BCUT2D eigenvalue weighted by Crippen LogP contribution is -2.55. The highest BCUT2D eigenvalue weighted by atomic mass is 16.5. The molecule has 2 heterocycles. The standard InChI is InChI=1S/C23H24O11/c1-31-22-15(21-19(30)18(29)16(27)13(8-24)34-21)20-14(17(28)23(22)32-2)11(26)7-12(33-20)9-3-5-10(25)6-4-9/h3-7,13,16,18-19,21,24-25,27-30H,8H2,1-2H3. The molecule has 6 N–H and O–H groups in total. The Morgan fingerprint density at radius 1 is 0.941 bits per heavy atom. The Labute approximate surface area is 192 Å². The number of aliphatic hydroxyl groups excluding tert-OH is 4. The van der Waals surface area contributed by atoms with Crippen molar-refractivity contribution in [3.8, 4) is 34.3 Å². The van der Waals surface area contributed by atoms with Crippen LogP contribution in [0, 0.1) is 0 Å². The summed E-state index contributed by atoms with van der Waals surface area (Å²) in [6.45, 7) is -0.681. The predicted molar refractivity (Wildman–Crippen MR) is 117 cm³/mol. The van der Waals surface area contributed by atoms with Gasteiger partial charge in [0.15, 0.2) is 22.5 Å². The molecule has 0 aliphatic carbocycles. The van der Waals surface area contributed by atoms with Crippen molar-refractivity contribution < 1.29 is 49.3 Å². The molecular formula is C23H24O11. The van der Waals surface area contributed by atoms with Gasteiger partial charge in [-0.25, -0.2) is 0 Å².